The highest BCUT2D eigenvalue weighted by Gasteiger charge is 2.45. The van der Waals surface area contributed by atoms with Crippen LogP contribution in [0.1, 0.15) is 28.8 Å². The third-order valence-corrected chi connectivity index (χ3v) is 5.76. The average Bonchev–Trinajstić information content (AvgIpc) is 3.56. The summed E-state index contributed by atoms with van der Waals surface area (Å²) in [6.45, 7) is 0.0381. The van der Waals surface area contributed by atoms with Crippen molar-refractivity contribution in [2.75, 3.05) is 13.2 Å². The van der Waals surface area contributed by atoms with E-state index in [-0.39, 0.29) is 19.6 Å². The van der Waals surface area contributed by atoms with Crippen LogP contribution < -0.4 is 20.1 Å². The molecule has 0 unspecified atom stereocenters. The lowest BCUT2D eigenvalue weighted by Crippen LogP contribution is -2.51. The van der Waals surface area contributed by atoms with Crippen LogP contribution in [-0.4, -0.2) is 36.6 Å². The zero-order valence-electron chi connectivity index (χ0n) is 17.9. The molecule has 2 bridgehead atoms. The molecular weight excluding hydrogens is 468 g/mol. The van der Waals surface area contributed by atoms with Crippen molar-refractivity contribution in [3.8, 4) is 17.6 Å². The van der Waals surface area contributed by atoms with Crippen molar-refractivity contribution < 1.29 is 27.8 Å². The molecule has 1 saturated carbocycles. The third-order valence-electron chi connectivity index (χ3n) is 5.46. The maximum atomic E-state index is 14.4. The van der Waals surface area contributed by atoms with Crippen LogP contribution in [0.15, 0.2) is 42.5 Å². The number of nitrogens with one attached hydrogen (secondary N) is 2. The van der Waals surface area contributed by atoms with E-state index in [0.29, 0.717) is 35.2 Å². The second-order valence-electron chi connectivity index (χ2n) is 8.04. The first kappa shape index (κ1) is 23.5. The lowest BCUT2D eigenvalue weighted by molar-refractivity contribution is -0.123. The van der Waals surface area contributed by atoms with Crippen LogP contribution in [0.2, 0.25) is 5.02 Å². The van der Waals surface area contributed by atoms with Gasteiger partial charge < -0.3 is 20.1 Å². The summed E-state index contributed by atoms with van der Waals surface area (Å²) in [5.74, 6) is -3.57. The standard InChI is InChI=1S/C24H20ClF2N3O4/c25-17-9-14-3-4-20(17)33-7-1-2-8-34-21-16(11-15(26)12-18(21)27)22(31)29-19(10-14)23(32)30-24(13-28)5-6-24/h1-4,9,11-12,19H,5-8,10H2,(H,29,31)(H,30,32)/t19-/m0/s1. The highest BCUT2D eigenvalue weighted by molar-refractivity contribution is 6.32. The largest absolute Gasteiger partial charge is 0.488 e. The minimum Gasteiger partial charge on any atom is -0.488 e. The second-order valence-corrected chi connectivity index (χ2v) is 8.44. The van der Waals surface area contributed by atoms with Gasteiger partial charge in [0.1, 0.15) is 36.4 Å². The van der Waals surface area contributed by atoms with E-state index in [2.05, 4.69) is 16.7 Å². The van der Waals surface area contributed by atoms with Gasteiger partial charge in [0.05, 0.1) is 16.7 Å². The topological polar surface area (TPSA) is 100 Å². The zero-order chi connectivity index (χ0) is 24.3. The van der Waals surface area contributed by atoms with Crippen LogP contribution in [0, 0.1) is 23.0 Å². The number of fused-ring (bicyclic) bond motifs is 9. The fraction of sp³-hybridized carbons (Fsp3) is 0.292. The molecule has 3 aliphatic rings. The van der Waals surface area contributed by atoms with Crippen LogP contribution >= 0.6 is 11.6 Å². The minimum absolute atomic E-state index is 0.00692. The molecule has 1 fully saturated rings. The number of carbonyl (C=O) groups is 2. The van der Waals surface area contributed by atoms with E-state index in [9.17, 15) is 23.6 Å². The van der Waals surface area contributed by atoms with Crippen LogP contribution in [0.25, 0.3) is 0 Å². The first-order valence-corrected chi connectivity index (χ1v) is 10.9. The molecule has 7 nitrogen and oxygen atoms in total. The molecule has 0 radical (unpaired) electrons. The summed E-state index contributed by atoms with van der Waals surface area (Å²) in [6.07, 6.45) is 4.17. The average molecular weight is 488 g/mol. The summed E-state index contributed by atoms with van der Waals surface area (Å²) >= 11 is 6.30. The van der Waals surface area contributed by atoms with Crippen LogP contribution in [-0.2, 0) is 11.2 Å². The first-order valence-electron chi connectivity index (χ1n) is 10.5. The predicted octanol–water partition coefficient (Wildman–Crippen LogP) is 3.46. The Morgan fingerprint density at radius 3 is 2.59 bits per heavy atom. The number of halogens is 3. The number of ether oxygens (including phenoxy) is 2. The molecule has 0 spiro atoms. The van der Waals surface area contributed by atoms with Gasteiger partial charge in [-0.15, -0.1) is 0 Å². The van der Waals surface area contributed by atoms with E-state index in [1.54, 1.807) is 30.4 Å². The maximum absolute atomic E-state index is 14.4. The summed E-state index contributed by atoms with van der Waals surface area (Å²) < 4.78 is 39.4. The molecule has 10 heteroatoms. The summed E-state index contributed by atoms with van der Waals surface area (Å²) in [7, 11) is 0. The Kier molecular flexibility index (Phi) is 6.70. The molecule has 2 aromatic carbocycles. The number of nitrogens with zero attached hydrogens (tertiary/aromatic N) is 1. The van der Waals surface area contributed by atoms with Gasteiger partial charge in [0.25, 0.3) is 5.91 Å². The van der Waals surface area contributed by atoms with Gasteiger partial charge in [-0.1, -0.05) is 17.7 Å². The van der Waals surface area contributed by atoms with Crippen molar-refractivity contribution in [3.05, 3.63) is 70.3 Å². The molecule has 2 heterocycles. The smallest absolute Gasteiger partial charge is 0.255 e. The number of benzene rings is 2. The van der Waals surface area contributed by atoms with Crippen molar-refractivity contribution in [3.63, 3.8) is 0 Å². The number of nitriles is 1. The summed E-state index contributed by atoms with van der Waals surface area (Å²) in [6, 6.07) is 7.27. The quantitative estimate of drug-likeness (QED) is 0.632. The Bertz CT molecular complexity index is 1210. The van der Waals surface area contributed by atoms with E-state index in [4.69, 9.17) is 21.1 Å². The van der Waals surface area contributed by atoms with Crippen molar-refractivity contribution in [1.29, 1.82) is 5.26 Å². The molecule has 2 aromatic rings. The van der Waals surface area contributed by atoms with E-state index in [1.807, 2.05) is 0 Å². The molecular formula is C24H20ClF2N3O4. The lowest BCUT2D eigenvalue weighted by atomic mass is 10.0. The third kappa shape index (κ3) is 5.29. The van der Waals surface area contributed by atoms with E-state index < -0.39 is 46.3 Å². The maximum Gasteiger partial charge on any atom is 0.255 e. The Morgan fingerprint density at radius 1 is 1.18 bits per heavy atom. The Morgan fingerprint density at radius 2 is 1.91 bits per heavy atom. The van der Waals surface area contributed by atoms with Gasteiger partial charge in [0.2, 0.25) is 5.91 Å². The van der Waals surface area contributed by atoms with Gasteiger partial charge in [0, 0.05) is 12.5 Å². The van der Waals surface area contributed by atoms with E-state index in [1.165, 1.54) is 0 Å². The Labute approximate surface area is 199 Å². The number of hydrogen-bond acceptors (Lipinski definition) is 5. The van der Waals surface area contributed by atoms with Gasteiger partial charge in [-0.25, -0.2) is 8.78 Å². The number of amides is 2. The minimum atomic E-state index is -1.16. The van der Waals surface area contributed by atoms with Crippen LogP contribution in [0.3, 0.4) is 0 Å². The molecule has 5 rings (SSSR count). The van der Waals surface area contributed by atoms with E-state index >= 15 is 0 Å². The predicted molar refractivity (Wildman–Crippen MR) is 119 cm³/mol. The fourth-order valence-corrected chi connectivity index (χ4v) is 3.72. The van der Waals surface area contributed by atoms with Crippen LogP contribution in [0.4, 0.5) is 8.78 Å². The first-order chi connectivity index (χ1) is 16.3. The van der Waals surface area contributed by atoms with Gasteiger partial charge >= 0.3 is 0 Å². The normalized spacial score (nSPS) is 19.1. The zero-order valence-corrected chi connectivity index (χ0v) is 18.6. The van der Waals surface area contributed by atoms with E-state index in [0.717, 1.165) is 6.07 Å². The molecule has 1 aliphatic carbocycles. The molecule has 2 N–H and O–H groups in total. The van der Waals surface area contributed by atoms with Crippen LogP contribution in [0.5, 0.6) is 11.5 Å². The van der Waals surface area contributed by atoms with Gasteiger partial charge in [0.15, 0.2) is 11.6 Å². The second kappa shape index (κ2) is 9.69. The molecule has 2 aliphatic heterocycles. The molecule has 2 amide bonds. The molecule has 1 atom stereocenters. The van der Waals surface area contributed by atoms with Crippen molar-refractivity contribution in [2.45, 2.75) is 30.8 Å². The monoisotopic (exact) mass is 487 g/mol. The Hall–Kier alpha value is -3.64. The van der Waals surface area contributed by atoms with Gasteiger partial charge in [-0.05, 0) is 48.8 Å². The van der Waals surface area contributed by atoms with Gasteiger partial charge in [-0.3, -0.25) is 9.59 Å². The molecule has 0 saturated heterocycles. The molecule has 0 aromatic heterocycles. The van der Waals surface area contributed by atoms with Crippen molar-refractivity contribution in [2.24, 2.45) is 0 Å². The summed E-state index contributed by atoms with van der Waals surface area (Å²) in [5, 5.41) is 14.8. The number of rotatable bonds is 2. The summed E-state index contributed by atoms with van der Waals surface area (Å²) in [4.78, 5) is 26.1. The highest BCUT2D eigenvalue weighted by atomic mass is 35.5. The lowest BCUT2D eigenvalue weighted by Gasteiger charge is -2.21. The SMILES string of the molecule is N#CC1(NC(=O)[C@@H]2Cc3ccc(c(Cl)c3)OCC=CCOc3c(F)cc(F)cc3C(=O)N2)CC1. The molecule has 34 heavy (non-hydrogen) atoms. The van der Waals surface area contributed by atoms with Crippen molar-refractivity contribution >= 4 is 23.4 Å². The summed E-state index contributed by atoms with van der Waals surface area (Å²) in [5.41, 5.74) is -0.774. The Balaban J connectivity index is 1.70. The fourth-order valence-electron chi connectivity index (χ4n) is 3.46. The van der Waals surface area contributed by atoms with Gasteiger partial charge in [-0.2, -0.15) is 5.26 Å². The highest BCUT2D eigenvalue weighted by Crippen LogP contribution is 2.34. The number of carbonyl (C=O) groups excluding carboxylic acids is 2. The van der Waals surface area contributed by atoms with Crippen molar-refractivity contribution in [1.82, 2.24) is 10.6 Å². The molecule has 176 valence electrons. The number of hydrogen-bond donors (Lipinski definition) is 2.